The Labute approximate surface area is 219 Å². The fraction of sp³-hybridized carbons (Fsp3) is 0.655. The van der Waals surface area contributed by atoms with Crippen molar-refractivity contribution in [3.63, 3.8) is 0 Å². The Morgan fingerprint density at radius 2 is 1.62 bits per heavy atom. The summed E-state index contributed by atoms with van der Waals surface area (Å²) < 4.78 is 46.3. The predicted molar refractivity (Wildman–Crippen MR) is 139 cm³/mol. The highest BCUT2D eigenvalue weighted by atomic mass is 19.4. The van der Waals surface area contributed by atoms with Crippen molar-refractivity contribution in [2.75, 3.05) is 13.6 Å². The smallest absolute Gasteiger partial charge is 0.460 e. The van der Waals surface area contributed by atoms with Gasteiger partial charge < -0.3 is 14.5 Å². The molecule has 1 aromatic carbocycles. The summed E-state index contributed by atoms with van der Waals surface area (Å²) >= 11 is 0. The number of alkyl halides is 3. The van der Waals surface area contributed by atoms with E-state index in [4.69, 9.17) is 4.74 Å². The first-order valence-corrected chi connectivity index (χ1v) is 13.4. The Hall–Kier alpha value is -2.35. The molecule has 2 aliphatic carbocycles. The van der Waals surface area contributed by atoms with Gasteiger partial charge in [0.05, 0.1) is 6.42 Å². The third-order valence-electron chi connectivity index (χ3n) is 7.40. The van der Waals surface area contributed by atoms with Crippen LogP contribution in [0.15, 0.2) is 35.9 Å². The molecule has 0 saturated heterocycles. The zero-order valence-corrected chi connectivity index (χ0v) is 22.7. The number of halogens is 3. The third-order valence-corrected chi connectivity index (χ3v) is 7.40. The Kier molecular flexibility index (Phi) is 9.48. The van der Waals surface area contributed by atoms with Gasteiger partial charge in [-0.05, 0) is 71.9 Å². The van der Waals surface area contributed by atoms with Crippen molar-refractivity contribution in [3.8, 4) is 0 Å². The largest absolute Gasteiger partial charge is 0.471 e. The van der Waals surface area contributed by atoms with Crippen molar-refractivity contribution in [1.82, 2.24) is 9.80 Å². The van der Waals surface area contributed by atoms with Gasteiger partial charge in [0.25, 0.3) is 0 Å². The van der Waals surface area contributed by atoms with Crippen molar-refractivity contribution in [3.05, 3.63) is 41.5 Å². The Bertz CT molecular complexity index is 947. The van der Waals surface area contributed by atoms with E-state index in [9.17, 15) is 22.8 Å². The van der Waals surface area contributed by atoms with Crippen molar-refractivity contribution < 1.29 is 27.5 Å². The van der Waals surface area contributed by atoms with Crippen LogP contribution in [0.2, 0.25) is 0 Å². The average Bonchev–Trinajstić information content (AvgIpc) is 3.60. The molecule has 2 saturated carbocycles. The van der Waals surface area contributed by atoms with Crippen LogP contribution in [0.3, 0.4) is 0 Å². The van der Waals surface area contributed by atoms with Gasteiger partial charge >= 0.3 is 18.1 Å². The third kappa shape index (κ3) is 8.32. The number of carbonyl (C=O) groups excluding carboxylic acids is 2. The highest BCUT2D eigenvalue weighted by molar-refractivity contribution is 5.83. The fourth-order valence-corrected chi connectivity index (χ4v) is 5.48. The minimum absolute atomic E-state index is 0.0364. The molecule has 2 aliphatic rings. The van der Waals surface area contributed by atoms with Crippen molar-refractivity contribution in [2.24, 2.45) is 5.92 Å². The second kappa shape index (κ2) is 12.0. The number of hydrogen-bond acceptors (Lipinski definition) is 4. The Morgan fingerprint density at radius 1 is 1.03 bits per heavy atom. The number of amides is 1. The molecular formula is C29H41F3N2O3. The summed E-state index contributed by atoms with van der Waals surface area (Å²) in [6.07, 6.45) is 1.17. The van der Waals surface area contributed by atoms with Crippen LogP contribution >= 0.6 is 0 Å². The number of esters is 1. The van der Waals surface area contributed by atoms with E-state index in [1.54, 1.807) is 0 Å². The number of hydrogen-bond donors (Lipinski definition) is 0. The quantitative estimate of drug-likeness (QED) is 0.361. The van der Waals surface area contributed by atoms with E-state index in [2.05, 4.69) is 11.0 Å². The molecular weight excluding hydrogens is 481 g/mol. The summed E-state index contributed by atoms with van der Waals surface area (Å²) in [4.78, 5) is 27.9. The molecule has 0 heterocycles. The molecule has 206 valence electrons. The molecule has 2 fully saturated rings. The van der Waals surface area contributed by atoms with Crippen molar-refractivity contribution in [2.45, 2.75) is 103 Å². The summed E-state index contributed by atoms with van der Waals surface area (Å²) in [5, 5.41) is 0. The van der Waals surface area contributed by atoms with Crippen LogP contribution in [-0.4, -0.2) is 65.2 Å². The molecule has 8 heteroatoms. The maximum Gasteiger partial charge on any atom is 0.471 e. The highest BCUT2D eigenvalue weighted by Gasteiger charge is 2.54. The van der Waals surface area contributed by atoms with Gasteiger partial charge in [0.15, 0.2) is 0 Å². The summed E-state index contributed by atoms with van der Waals surface area (Å²) in [5.41, 5.74) is 1.58. The number of benzene rings is 1. The molecule has 37 heavy (non-hydrogen) atoms. The molecule has 0 radical (unpaired) electrons. The van der Waals surface area contributed by atoms with Gasteiger partial charge in [-0.2, -0.15) is 13.2 Å². The number of nitrogens with zero attached hydrogens (tertiary/aromatic N) is 2. The minimum atomic E-state index is -4.89. The average molecular weight is 523 g/mol. The van der Waals surface area contributed by atoms with Gasteiger partial charge in [0.2, 0.25) is 0 Å². The first-order chi connectivity index (χ1) is 17.3. The number of rotatable bonds is 9. The lowest BCUT2D eigenvalue weighted by molar-refractivity contribution is -0.189. The number of ether oxygens (including phenoxy) is 1. The van der Waals surface area contributed by atoms with Gasteiger partial charge in [-0.1, -0.05) is 48.9 Å². The summed E-state index contributed by atoms with van der Waals surface area (Å²) in [6, 6.07) is 9.10. The molecule has 0 N–H and O–H groups in total. The molecule has 5 nitrogen and oxygen atoms in total. The van der Waals surface area contributed by atoms with E-state index in [0.717, 1.165) is 22.5 Å². The van der Waals surface area contributed by atoms with Crippen molar-refractivity contribution in [1.29, 1.82) is 0 Å². The van der Waals surface area contributed by atoms with Crippen LogP contribution in [0.4, 0.5) is 13.2 Å². The zero-order valence-electron chi connectivity index (χ0n) is 22.7. The molecule has 0 spiro atoms. The van der Waals surface area contributed by atoms with E-state index in [1.807, 2.05) is 65.1 Å². The standard InChI is InChI=1S/C29H41F3N2O3/c1-6-21(18-20-10-8-7-9-11-20)24-19-25(24)34(27(36)29(30,31)32)23-14-12-22(13-15-23)33(5)17-16-26(35)37-28(2,3)4/h7-11,18,22-25H,6,12-17,19H2,1-5H3/b21-18+/t22-,23-,24-,25+/m0/s1. The molecule has 1 aromatic rings. The second-order valence-corrected chi connectivity index (χ2v) is 11.4. The lowest BCUT2D eigenvalue weighted by Gasteiger charge is -2.40. The van der Waals surface area contributed by atoms with E-state index in [0.29, 0.717) is 38.6 Å². The normalized spacial score (nSPS) is 24.6. The molecule has 0 unspecified atom stereocenters. The van der Waals surface area contributed by atoms with Crippen LogP contribution in [0.25, 0.3) is 6.08 Å². The molecule has 0 aromatic heterocycles. The van der Waals surface area contributed by atoms with Gasteiger partial charge in [0.1, 0.15) is 5.60 Å². The first-order valence-electron chi connectivity index (χ1n) is 13.4. The van der Waals surface area contributed by atoms with E-state index in [-0.39, 0.29) is 24.3 Å². The fourth-order valence-electron chi connectivity index (χ4n) is 5.48. The lowest BCUT2D eigenvalue weighted by atomic mass is 9.88. The number of carbonyl (C=O) groups is 2. The molecule has 0 bridgehead atoms. The Balaban J connectivity index is 1.63. The van der Waals surface area contributed by atoms with E-state index in [1.165, 1.54) is 0 Å². The van der Waals surface area contributed by atoms with Crippen molar-refractivity contribution >= 4 is 18.0 Å². The van der Waals surface area contributed by atoms with Crippen LogP contribution in [0.1, 0.15) is 78.2 Å². The maximum atomic E-state index is 13.6. The van der Waals surface area contributed by atoms with Crippen LogP contribution in [0.5, 0.6) is 0 Å². The van der Waals surface area contributed by atoms with Gasteiger partial charge in [-0.3, -0.25) is 9.59 Å². The van der Waals surface area contributed by atoms with Crippen LogP contribution in [-0.2, 0) is 14.3 Å². The zero-order chi connectivity index (χ0) is 27.4. The van der Waals surface area contributed by atoms with E-state index >= 15 is 0 Å². The summed E-state index contributed by atoms with van der Waals surface area (Å²) in [5.74, 6) is -2.01. The molecule has 2 atom stereocenters. The SMILES string of the molecule is CC/C(=C\c1ccccc1)[C@@H]1C[C@H]1N(C(=O)C(F)(F)F)[C@H]1CC[C@H](N(C)CCC(=O)OC(C)(C)C)CC1. The van der Waals surface area contributed by atoms with Crippen LogP contribution in [0, 0.1) is 5.92 Å². The maximum absolute atomic E-state index is 13.6. The predicted octanol–water partition coefficient (Wildman–Crippen LogP) is 6.23. The first kappa shape index (κ1) is 29.2. The molecule has 3 rings (SSSR count). The lowest BCUT2D eigenvalue weighted by Crippen LogP contribution is -2.51. The van der Waals surface area contributed by atoms with E-state index < -0.39 is 29.8 Å². The van der Waals surface area contributed by atoms with Gasteiger partial charge in [-0.25, -0.2) is 0 Å². The highest BCUT2D eigenvalue weighted by Crippen LogP contribution is 2.47. The molecule has 0 aliphatic heterocycles. The van der Waals surface area contributed by atoms with Gasteiger partial charge in [-0.15, -0.1) is 0 Å². The molecule has 1 amide bonds. The monoisotopic (exact) mass is 522 g/mol. The van der Waals surface area contributed by atoms with Gasteiger partial charge in [0, 0.05) is 30.6 Å². The Morgan fingerprint density at radius 3 is 2.16 bits per heavy atom. The van der Waals surface area contributed by atoms with Crippen LogP contribution < -0.4 is 0 Å². The second-order valence-electron chi connectivity index (χ2n) is 11.4. The summed E-state index contributed by atoms with van der Waals surface area (Å²) in [6.45, 7) is 8.03. The topological polar surface area (TPSA) is 49.9 Å². The minimum Gasteiger partial charge on any atom is -0.460 e. The summed E-state index contributed by atoms with van der Waals surface area (Å²) in [7, 11) is 1.94.